The summed E-state index contributed by atoms with van der Waals surface area (Å²) < 4.78 is 25.7. The van der Waals surface area contributed by atoms with Crippen LogP contribution in [0, 0.1) is 5.41 Å². The predicted octanol–water partition coefficient (Wildman–Crippen LogP) is 1.39. The van der Waals surface area contributed by atoms with E-state index in [4.69, 9.17) is 0 Å². The molecule has 2 N–H and O–H groups in total. The molecule has 0 aromatic heterocycles. The van der Waals surface area contributed by atoms with Gasteiger partial charge in [0.1, 0.15) is 4.90 Å². The second-order valence-electron chi connectivity index (χ2n) is 6.93. The highest BCUT2D eigenvalue weighted by molar-refractivity contribution is 7.90. The van der Waals surface area contributed by atoms with Gasteiger partial charge in [0, 0.05) is 18.7 Å². The number of carbonyl (C=O) groups is 2. The van der Waals surface area contributed by atoms with Crippen molar-refractivity contribution in [3.05, 3.63) is 29.3 Å². The normalized spacial score (nSPS) is 20.2. The molecule has 0 aliphatic carbocycles. The average Bonchev–Trinajstić information content (AvgIpc) is 2.79. The monoisotopic (exact) mass is 401 g/mol. The Morgan fingerprint density at radius 2 is 1.96 bits per heavy atom. The Bertz CT molecular complexity index is 819. The van der Waals surface area contributed by atoms with E-state index in [9.17, 15) is 18.0 Å². The highest BCUT2D eigenvalue weighted by Crippen LogP contribution is 2.31. The Kier molecular flexibility index (Phi) is 5.99. The molecule has 144 valence electrons. The summed E-state index contributed by atoms with van der Waals surface area (Å²) in [7, 11) is -3.85. The van der Waals surface area contributed by atoms with Crippen molar-refractivity contribution in [2.45, 2.75) is 31.6 Å². The van der Waals surface area contributed by atoms with Gasteiger partial charge in [-0.25, -0.2) is 12.7 Å². The number of hydrogen-bond acceptors (Lipinski definition) is 5. The summed E-state index contributed by atoms with van der Waals surface area (Å²) in [6.07, 6.45) is 1.96. The SMILES string of the molecule is CCN1C(=O)c2ccc(C(=O)NCC3(C)CCNCC3)cc2S1(=O)=O.Cl. The van der Waals surface area contributed by atoms with Crippen molar-refractivity contribution in [1.29, 1.82) is 0 Å². The molecular weight excluding hydrogens is 378 g/mol. The molecule has 1 aromatic rings. The third-order valence-corrected chi connectivity index (χ3v) is 6.94. The number of carbonyl (C=O) groups excluding carboxylic acids is 2. The third-order valence-electron chi connectivity index (χ3n) is 5.04. The molecule has 2 amide bonds. The fraction of sp³-hybridized carbons (Fsp3) is 0.529. The quantitative estimate of drug-likeness (QED) is 0.794. The first kappa shape index (κ1) is 20.7. The number of hydrogen-bond donors (Lipinski definition) is 2. The van der Waals surface area contributed by atoms with Gasteiger partial charge in [-0.05, 0) is 56.5 Å². The van der Waals surface area contributed by atoms with Gasteiger partial charge in [-0.3, -0.25) is 9.59 Å². The van der Waals surface area contributed by atoms with Crippen LogP contribution in [0.1, 0.15) is 47.4 Å². The van der Waals surface area contributed by atoms with Gasteiger partial charge in [-0.1, -0.05) is 6.92 Å². The van der Waals surface area contributed by atoms with Crippen LogP contribution in [0.5, 0.6) is 0 Å². The Morgan fingerprint density at radius 1 is 1.31 bits per heavy atom. The number of benzene rings is 1. The van der Waals surface area contributed by atoms with Crippen molar-refractivity contribution in [3.63, 3.8) is 0 Å². The molecule has 0 saturated carbocycles. The predicted molar refractivity (Wildman–Crippen MR) is 100 cm³/mol. The number of fused-ring (bicyclic) bond motifs is 1. The van der Waals surface area contributed by atoms with Gasteiger partial charge in [-0.15, -0.1) is 12.4 Å². The van der Waals surface area contributed by atoms with Gasteiger partial charge in [-0.2, -0.15) is 0 Å². The Morgan fingerprint density at radius 3 is 2.58 bits per heavy atom. The topological polar surface area (TPSA) is 95.6 Å². The lowest BCUT2D eigenvalue weighted by Crippen LogP contribution is -2.42. The Hall–Kier alpha value is -1.64. The lowest BCUT2D eigenvalue weighted by molar-refractivity contribution is 0.0873. The molecule has 7 nitrogen and oxygen atoms in total. The van der Waals surface area contributed by atoms with E-state index in [1.807, 2.05) is 0 Å². The van der Waals surface area contributed by atoms with Crippen molar-refractivity contribution in [2.75, 3.05) is 26.2 Å². The molecule has 1 fully saturated rings. The van der Waals surface area contributed by atoms with Gasteiger partial charge < -0.3 is 10.6 Å². The Balaban J connectivity index is 0.00000243. The highest BCUT2D eigenvalue weighted by Gasteiger charge is 2.40. The van der Waals surface area contributed by atoms with Crippen LogP contribution in [0.3, 0.4) is 0 Å². The minimum absolute atomic E-state index is 0. The first-order chi connectivity index (χ1) is 11.8. The standard InChI is InChI=1S/C17H23N3O4S.ClH/c1-3-20-16(22)13-5-4-12(10-14(13)25(20,23)24)15(21)19-11-17(2)6-8-18-9-7-17;/h4-5,10,18H,3,6-9,11H2,1-2H3,(H,19,21);1H. The van der Waals surface area contributed by atoms with Gasteiger partial charge in [0.15, 0.2) is 0 Å². The zero-order valence-electron chi connectivity index (χ0n) is 14.9. The van der Waals surface area contributed by atoms with E-state index in [0.717, 1.165) is 30.2 Å². The molecule has 0 bridgehead atoms. The number of amides is 2. The second kappa shape index (κ2) is 7.54. The summed E-state index contributed by atoms with van der Waals surface area (Å²) in [5.74, 6) is -0.855. The van der Waals surface area contributed by atoms with Crippen molar-refractivity contribution in [3.8, 4) is 0 Å². The van der Waals surface area contributed by atoms with Gasteiger partial charge in [0.25, 0.3) is 21.8 Å². The van der Waals surface area contributed by atoms with E-state index in [0.29, 0.717) is 6.54 Å². The van der Waals surface area contributed by atoms with Crippen LogP contribution in [0.2, 0.25) is 0 Å². The maximum absolute atomic E-state index is 12.5. The molecule has 2 aliphatic rings. The first-order valence-electron chi connectivity index (χ1n) is 8.48. The molecule has 9 heteroatoms. The number of nitrogens with zero attached hydrogens (tertiary/aromatic N) is 1. The van der Waals surface area contributed by atoms with E-state index in [-0.39, 0.29) is 46.3 Å². The van der Waals surface area contributed by atoms with E-state index in [1.54, 1.807) is 6.92 Å². The largest absolute Gasteiger partial charge is 0.351 e. The summed E-state index contributed by atoms with van der Waals surface area (Å²) in [4.78, 5) is 24.5. The number of piperidine rings is 1. The van der Waals surface area contributed by atoms with Crippen LogP contribution < -0.4 is 10.6 Å². The van der Waals surface area contributed by atoms with Crippen molar-refractivity contribution >= 4 is 34.2 Å². The molecule has 0 radical (unpaired) electrons. The zero-order chi connectivity index (χ0) is 18.2. The van der Waals surface area contributed by atoms with Crippen molar-refractivity contribution in [2.24, 2.45) is 5.41 Å². The van der Waals surface area contributed by atoms with Gasteiger partial charge >= 0.3 is 0 Å². The van der Waals surface area contributed by atoms with Crippen LogP contribution in [-0.2, 0) is 10.0 Å². The summed E-state index contributed by atoms with van der Waals surface area (Å²) in [6, 6.07) is 4.23. The van der Waals surface area contributed by atoms with Gasteiger partial charge in [0.05, 0.1) is 5.56 Å². The van der Waals surface area contributed by atoms with E-state index < -0.39 is 15.9 Å². The smallest absolute Gasteiger partial charge is 0.268 e. The molecule has 0 unspecified atom stereocenters. The van der Waals surface area contributed by atoms with Crippen molar-refractivity contribution in [1.82, 2.24) is 14.9 Å². The van der Waals surface area contributed by atoms with E-state index in [1.165, 1.54) is 18.2 Å². The van der Waals surface area contributed by atoms with Crippen LogP contribution >= 0.6 is 12.4 Å². The van der Waals surface area contributed by atoms with Crippen LogP contribution in [0.25, 0.3) is 0 Å². The summed E-state index contributed by atoms with van der Waals surface area (Å²) in [5.41, 5.74) is 0.424. The maximum Gasteiger partial charge on any atom is 0.268 e. The summed E-state index contributed by atoms with van der Waals surface area (Å²) in [6.45, 7) is 6.21. The average molecular weight is 402 g/mol. The van der Waals surface area contributed by atoms with E-state index in [2.05, 4.69) is 17.6 Å². The van der Waals surface area contributed by atoms with Crippen LogP contribution in [0.4, 0.5) is 0 Å². The number of sulfonamides is 1. The summed E-state index contributed by atoms with van der Waals surface area (Å²) >= 11 is 0. The molecule has 1 aromatic carbocycles. The third kappa shape index (κ3) is 3.58. The second-order valence-corrected chi connectivity index (χ2v) is 8.76. The van der Waals surface area contributed by atoms with Crippen LogP contribution in [-0.4, -0.2) is 50.7 Å². The zero-order valence-corrected chi connectivity index (χ0v) is 16.5. The fourth-order valence-corrected chi connectivity index (χ4v) is 4.94. The number of rotatable bonds is 4. The molecule has 1 saturated heterocycles. The van der Waals surface area contributed by atoms with E-state index >= 15 is 0 Å². The minimum atomic E-state index is -3.85. The number of nitrogens with one attached hydrogen (secondary N) is 2. The molecule has 3 rings (SSSR count). The lowest BCUT2D eigenvalue weighted by Gasteiger charge is -2.34. The highest BCUT2D eigenvalue weighted by atomic mass is 35.5. The fourth-order valence-electron chi connectivity index (χ4n) is 3.33. The summed E-state index contributed by atoms with van der Waals surface area (Å²) in [5, 5.41) is 6.20. The molecule has 0 atom stereocenters. The molecule has 0 spiro atoms. The van der Waals surface area contributed by atoms with Crippen LogP contribution in [0.15, 0.2) is 23.1 Å². The maximum atomic E-state index is 12.5. The lowest BCUT2D eigenvalue weighted by atomic mass is 9.81. The Labute approximate surface area is 160 Å². The minimum Gasteiger partial charge on any atom is -0.351 e. The first-order valence-corrected chi connectivity index (χ1v) is 9.92. The molecule has 2 aliphatic heterocycles. The van der Waals surface area contributed by atoms with Gasteiger partial charge in [0.2, 0.25) is 0 Å². The molecule has 26 heavy (non-hydrogen) atoms. The van der Waals surface area contributed by atoms with Crippen molar-refractivity contribution < 1.29 is 18.0 Å². The molecular formula is C17H24ClN3O4S. The molecule has 2 heterocycles. The number of halogens is 1.